The Morgan fingerprint density at radius 2 is 1.81 bits per heavy atom. The van der Waals surface area contributed by atoms with Crippen molar-refractivity contribution < 1.29 is 38.4 Å². The minimum absolute atomic E-state index is 0.0440. The van der Waals surface area contributed by atoms with Crippen molar-refractivity contribution in [3.05, 3.63) is 75.3 Å². The summed E-state index contributed by atoms with van der Waals surface area (Å²) >= 11 is 0. The Morgan fingerprint density at radius 3 is 2.51 bits per heavy atom. The Bertz CT molecular complexity index is 2010. The number of carbonyl (C=O) groups excluding carboxylic acids is 3. The molecule has 4 aliphatic heterocycles. The highest BCUT2D eigenvalue weighted by molar-refractivity contribution is 5.87. The molecule has 1 unspecified atom stereocenters. The van der Waals surface area contributed by atoms with E-state index in [0.29, 0.717) is 59.0 Å². The standard InChI is InChI=1S/C40H45N5O8/c1-20-14-25-15-27-29(17-41)45-28(34(44(27)5)32(25)35(48)36(20)50-6)16-26-33(39-38(51-19-52-39)21(2)37(26)53-23(4)46)30(45)18-42-40(49)22(3)43-31(47)13-12-24-10-8-7-9-11-24/h7-11,14,22,27-30,34,48H,12-13,15-16,18-19H2,1-6H3,(H,42,49)(H,43,47)/t22-,27+,28?,29-,30-,34-/m0/s1. The number of piperazine rings is 1. The predicted molar refractivity (Wildman–Crippen MR) is 193 cm³/mol. The Kier molecular flexibility index (Phi) is 9.69. The van der Waals surface area contributed by atoms with Crippen LogP contribution in [0.4, 0.5) is 0 Å². The summed E-state index contributed by atoms with van der Waals surface area (Å²) in [5, 5.41) is 28.5. The summed E-state index contributed by atoms with van der Waals surface area (Å²) in [6, 6.07) is 11.1. The van der Waals surface area contributed by atoms with Gasteiger partial charge < -0.3 is 34.7 Å². The molecule has 13 nitrogen and oxygen atoms in total. The lowest BCUT2D eigenvalue weighted by Gasteiger charge is -2.60. The fourth-order valence-electron chi connectivity index (χ4n) is 8.94. The number of likely N-dealkylation sites (N-methyl/N-ethyl adjacent to an activating group) is 1. The number of methoxy groups -OCH3 is 1. The maximum absolute atomic E-state index is 13.7. The SMILES string of the molecule is COc1c(C)cc2c(c1O)[C@@H]1C3Cc4c(OC(C)=O)c(C)c5c(c4[C@H](CNC(=O)[C@H](C)NC(=O)CCc4ccccc4)N3[C@@H](C#N)[C@@H](C2)N1C)OCO5. The molecule has 0 aromatic heterocycles. The van der Waals surface area contributed by atoms with Crippen molar-refractivity contribution in [2.24, 2.45) is 0 Å². The number of phenolic OH excluding ortho intramolecular Hbond substituents is 1. The fraction of sp³-hybridized carbons (Fsp3) is 0.450. The first-order chi connectivity index (χ1) is 25.4. The Balaban J connectivity index is 1.28. The van der Waals surface area contributed by atoms with Crippen molar-refractivity contribution in [1.29, 1.82) is 5.26 Å². The number of rotatable bonds is 9. The number of ether oxygens (including phenoxy) is 4. The molecule has 278 valence electrons. The number of benzene rings is 3. The smallest absolute Gasteiger partial charge is 0.308 e. The van der Waals surface area contributed by atoms with Gasteiger partial charge in [0.1, 0.15) is 17.8 Å². The van der Waals surface area contributed by atoms with Crippen LogP contribution in [0.5, 0.6) is 28.7 Å². The molecule has 4 aliphatic rings. The number of aryl methyl sites for hydroxylation is 2. The first-order valence-corrected chi connectivity index (χ1v) is 18.0. The number of hydrogen-bond donors (Lipinski definition) is 3. The fourth-order valence-corrected chi connectivity index (χ4v) is 8.94. The first-order valence-electron chi connectivity index (χ1n) is 18.0. The summed E-state index contributed by atoms with van der Waals surface area (Å²) in [5.41, 5.74) is 5.49. The molecule has 1 fully saturated rings. The van der Waals surface area contributed by atoms with Crippen LogP contribution in [0.1, 0.15) is 71.3 Å². The second-order valence-corrected chi connectivity index (χ2v) is 14.4. The highest BCUT2D eigenvalue weighted by atomic mass is 16.7. The second kappa shape index (κ2) is 14.2. The first kappa shape index (κ1) is 36.1. The molecule has 0 radical (unpaired) electrons. The van der Waals surface area contributed by atoms with Crippen molar-refractivity contribution in [2.45, 2.75) is 89.6 Å². The summed E-state index contributed by atoms with van der Waals surface area (Å²) < 4.78 is 23.6. The quantitative estimate of drug-likeness (QED) is 0.218. The van der Waals surface area contributed by atoms with E-state index in [1.54, 1.807) is 6.92 Å². The average molecular weight is 724 g/mol. The van der Waals surface area contributed by atoms with Gasteiger partial charge in [-0.2, -0.15) is 5.26 Å². The summed E-state index contributed by atoms with van der Waals surface area (Å²) in [6.07, 6.45) is 1.62. The monoisotopic (exact) mass is 723 g/mol. The van der Waals surface area contributed by atoms with Gasteiger partial charge in [-0.25, -0.2) is 0 Å². The van der Waals surface area contributed by atoms with E-state index in [1.165, 1.54) is 14.0 Å². The molecule has 0 saturated carbocycles. The molecule has 0 aliphatic carbocycles. The number of nitrogens with zero attached hydrogens (tertiary/aromatic N) is 3. The van der Waals surface area contributed by atoms with E-state index < -0.39 is 42.1 Å². The topological polar surface area (TPSA) is 163 Å². The Labute approximate surface area is 308 Å². The molecule has 2 amide bonds. The van der Waals surface area contributed by atoms with Crippen LogP contribution in [0.2, 0.25) is 0 Å². The number of hydrogen-bond acceptors (Lipinski definition) is 11. The average Bonchev–Trinajstić information content (AvgIpc) is 3.62. The van der Waals surface area contributed by atoms with E-state index in [0.717, 1.165) is 22.3 Å². The largest absolute Gasteiger partial charge is 0.504 e. The molecular weight excluding hydrogens is 678 g/mol. The number of nitrogens with one attached hydrogen (secondary N) is 2. The third-order valence-electron chi connectivity index (χ3n) is 11.2. The lowest BCUT2D eigenvalue weighted by Crippen LogP contribution is -2.69. The number of nitriles is 1. The zero-order valence-electron chi connectivity index (χ0n) is 30.8. The zero-order chi connectivity index (χ0) is 37.7. The number of esters is 1. The van der Waals surface area contributed by atoms with Gasteiger partial charge in [0.15, 0.2) is 23.0 Å². The summed E-state index contributed by atoms with van der Waals surface area (Å²) in [5.74, 6) is 0.585. The van der Waals surface area contributed by atoms with Crippen LogP contribution in [-0.2, 0) is 33.6 Å². The van der Waals surface area contributed by atoms with E-state index in [1.807, 2.05) is 57.3 Å². The molecule has 3 aromatic rings. The van der Waals surface area contributed by atoms with Gasteiger partial charge in [0.25, 0.3) is 0 Å². The maximum Gasteiger partial charge on any atom is 0.308 e. The van der Waals surface area contributed by atoms with Crippen molar-refractivity contribution in [3.8, 4) is 34.8 Å². The van der Waals surface area contributed by atoms with Crippen molar-refractivity contribution >= 4 is 17.8 Å². The molecule has 3 aromatic carbocycles. The van der Waals surface area contributed by atoms with E-state index in [-0.39, 0.29) is 37.5 Å². The number of aromatic hydroxyl groups is 1. The zero-order valence-corrected chi connectivity index (χ0v) is 30.8. The number of amides is 2. The van der Waals surface area contributed by atoms with E-state index in [9.17, 15) is 24.8 Å². The van der Waals surface area contributed by atoms with E-state index in [2.05, 4.69) is 26.5 Å². The van der Waals surface area contributed by atoms with Crippen LogP contribution >= 0.6 is 0 Å². The van der Waals surface area contributed by atoms with Gasteiger partial charge in [0, 0.05) is 54.2 Å². The highest BCUT2D eigenvalue weighted by Crippen LogP contribution is 2.58. The third kappa shape index (κ3) is 6.19. The van der Waals surface area contributed by atoms with Gasteiger partial charge in [0.2, 0.25) is 18.6 Å². The van der Waals surface area contributed by atoms with Crippen LogP contribution in [-0.4, -0.2) is 84.4 Å². The van der Waals surface area contributed by atoms with Gasteiger partial charge >= 0.3 is 5.97 Å². The minimum atomic E-state index is -0.838. The summed E-state index contributed by atoms with van der Waals surface area (Å²) in [7, 11) is 3.50. The van der Waals surface area contributed by atoms with Gasteiger partial charge in [0.05, 0.1) is 25.3 Å². The molecule has 6 atom stereocenters. The predicted octanol–water partition coefficient (Wildman–Crippen LogP) is 3.70. The van der Waals surface area contributed by atoms with Crippen LogP contribution in [0.25, 0.3) is 0 Å². The van der Waals surface area contributed by atoms with Crippen molar-refractivity contribution in [2.75, 3.05) is 27.5 Å². The Morgan fingerprint density at radius 1 is 1.08 bits per heavy atom. The van der Waals surface area contributed by atoms with Gasteiger partial charge in [-0.1, -0.05) is 36.4 Å². The molecule has 53 heavy (non-hydrogen) atoms. The van der Waals surface area contributed by atoms with Crippen LogP contribution in [0, 0.1) is 25.2 Å². The number of phenols is 1. The van der Waals surface area contributed by atoms with Crippen molar-refractivity contribution in [1.82, 2.24) is 20.4 Å². The number of fused-ring (bicyclic) bond motifs is 9. The molecule has 2 bridgehead atoms. The maximum atomic E-state index is 13.7. The normalized spacial score (nSPS) is 23.1. The minimum Gasteiger partial charge on any atom is -0.504 e. The third-order valence-corrected chi connectivity index (χ3v) is 11.2. The molecule has 4 heterocycles. The van der Waals surface area contributed by atoms with Gasteiger partial charge in [-0.3, -0.25) is 24.2 Å². The summed E-state index contributed by atoms with van der Waals surface area (Å²) in [6.45, 7) is 6.68. The second-order valence-electron chi connectivity index (χ2n) is 14.4. The number of carbonyl (C=O) groups is 3. The van der Waals surface area contributed by atoms with Crippen molar-refractivity contribution in [3.63, 3.8) is 0 Å². The molecule has 0 spiro atoms. The molecule has 1 saturated heterocycles. The lowest BCUT2D eigenvalue weighted by atomic mass is 9.71. The molecule has 13 heteroatoms. The molecule has 3 N–H and O–H groups in total. The summed E-state index contributed by atoms with van der Waals surface area (Å²) in [4.78, 5) is 43.4. The van der Waals surface area contributed by atoms with Crippen LogP contribution in [0.3, 0.4) is 0 Å². The highest BCUT2D eigenvalue weighted by Gasteiger charge is 2.57. The van der Waals surface area contributed by atoms with Crippen LogP contribution in [0.15, 0.2) is 36.4 Å². The van der Waals surface area contributed by atoms with Gasteiger partial charge in [-0.05, 0) is 63.8 Å². The Hall–Kier alpha value is -5.32. The van der Waals surface area contributed by atoms with Crippen LogP contribution < -0.4 is 29.6 Å². The molecular formula is C40H45N5O8. The van der Waals surface area contributed by atoms with E-state index >= 15 is 0 Å². The van der Waals surface area contributed by atoms with E-state index in [4.69, 9.17) is 18.9 Å². The molecule has 7 rings (SSSR count). The lowest BCUT2D eigenvalue weighted by molar-refractivity contribution is -0.132. The van der Waals surface area contributed by atoms with Gasteiger partial charge in [-0.15, -0.1) is 0 Å².